The molecule has 1 fully saturated rings. The average Bonchev–Trinajstić information content (AvgIpc) is 3.40. The Kier molecular flexibility index (Phi) is 5.64. The molecule has 0 N–H and O–H groups in total. The van der Waals surface area contributed by atoms with E-state index in [0.717, 1.165) is 12.3 Å². The molecule has 0 radical (unpaired) electrons. The lowest BCUT2D eigenvalue weighted by Gasteiger charge is -2.28. The third-order valence-corrected chi connectivity index (χ3v) is 10.1. The molecule has 7 rings (SSSR count). The minimum atomic E-state index is 0.208. The molecular formula is C36H38NS+. The number of hydrogen-bond acceptors (Lipinski definition) is 1. The van der Waals surface area contributed by atoms with Crippen molar-refractivity contribution in [3.63, 3.8) is 0 Å². The van der Waals surface area contributed by atoms with Crippen molar-refractivity contribution >= 4 is 44.1 Å². The van der Waals surface area contributed by atoms with Gasteiger partial charge in [0.1, 0.15) is 7.05 Å². The van der Waals surface area contributed by atoms with E-state index < -0.39 is 0 Å². The maximum Gasteiger partial charge on any atom is 0.222 e. The summed E-state index contributed by atoms with van der Waals surface area (Å²) >= 11 is 2.02. The van der Waals surface area contributed by atoms with E-state index in [4.69, 9.17) is 0 Å². The van der Waals surface area contributed by atoms with Crippen LogP contribution < -0.4 is 4.57 Å². The minimum absolute atomic E-state index is 0.208. The van der Waals surface area contributed by atoms with Gasteiger partial charge in [0.05, 0.1) is 10.9 Å². The van der Waals surface area contributed by atoms with Crippen LogP contribution in [0.15, 0.2) is 70.6 Å². The summed E-state index contributed by atoms with van der Waals surface area (Å²) in [4.78, 5) is 2.88. The number of hydrogen-bond donors (Lipinski definition) is 0. The molecule has 5 aromatic rings. The van der Waals surface area contributed by atoms with E-state index in [0.29, 0.717) is 0 Å². The Hall–Kier alpha value is -2.84. The van der Waals surface area contributed by atoms with Gasteiger partial charge in [-0.05, 0) is 75.4 Å². The lowest BCUT2D eigenvalue weighted by molar-refractivity contribution is -0.659. The summed E-state index contributed by atoms with van der Waals surface area (Å²) in [5.74, 6) is 0.870. The van der Waals surface area contributed by atoms with Crippen molar-refractivity contribution in [2.24, 2.45) is 18.4 Å². The summed E-state index contributed by atoms with van der Waals surface area (Å²) in [5.41, 5.74) is 7.44. The summed E-state index contributed by atoms with van der Waals surface area (Å²) in [7, 11) is 2.23. The van der Waals surface area contributed by atoms with Gasteiger partial charge >= 0.3 is 0 Å². The molecule has 38 heavy (non-hydrogen) atoms. The number of pyridine rings is 1. The fourth-order valence-electron chi connectivity index (χ4n) is 7.23. The van der Waals surface area contributed by atoms with Gasteiger partial charge in [0.25, 0.3) is 0 Å². The summed E-state index contributed by atoms with van der Waals surface area (Å²) in [6, 6.07) is 21.2. The molecule has 1 aromatic heterocycles. The second-order valence-corrected chi connectivity index (χ2v) is 14.1. The van der Waals surface area contributed by atoms with E-state index in [1.54, 1.807) is 0 Å². The first-order valence-electron chi connectivity index (χ1n) is 14.4. The zero-order valence-electron chi connectivity index (χ0n) is 23.4. The molecule has 1 aliphatic heterocycles. The van der Waals surface area contributed by atoms with Crippen LogP contribution in [0.4, 0.5) is 0 Å². The standard InChI is InChI=1S/C36H38NS/c1-22-26-12-8-9-13-28(26)30(21-36(2,3)4)35-32(22)34-33-29(16-17-37(34)5)27-15-14-24(18-23-10-6-7-11-23)19-25(27)20-31(33)38-35/h8-9,12-17,19-20,23H,6-7,10-11,18,21H2,1-5H3/q+1. The Morgan fingerprint density at radius 2 is 1.66 bits per heavy atom. The molecule has 1 aliphatic carbocycles. The molecule has 2 heteroatoms. The first-order chi connectivity index (χ1) is 18.3. The van der Waals surface area contributed by atoms with Gasteiger partial charge < -0.3 is 0 Å². The van der Waals surface area contributed by atoms with Gasteiger partial charge in [-0.1, -0.05) is 101 Å². The highest BCUT2D eigenvalue weighted by molar-refractivity contribution is 8.00. The first-order valence-corrected chi connectivity index (χ1v) is 15.2. The number of fused-ring (bicyclic) bond motifs is 5. The van der Waals surface area contributed by atoms with E-state index in [2.05, 4.69) is 100 Å². The number of rotatable bonds is 3. The molecule has 0 spiro atoms. The van der Waals surface area contributed by atoms with Crippen LogP contribution in [0.1, 0.15) is 63.1 Å². The summed E-state index contributed by atoms with van der Waals surface area (Å²) in [5, 5.41) is 8.41. The molecule has 0 bridgehead atoms. The molecule has 4 aromatic carbocycles. The minimum Gasteiger partial charge on any atom is -0.200 e. The zero-order valence-corrected chi connectivity index (χ0v) is 24.3. The number of aryl methyl sites for hydroxylation is 2. The van der Waals surface area contributed by atoms with Crippen LogP contribution in [0.5, 0.6) is 0 Å². The van der Waals surface area contributed by atoms with Crippen molar-refractivity contribution in [1.82, 2.24) is 0 Å². The lowest BCUT2D eigenvalue weighted by Crippen LogP contribution is -2.32. The maximum absolute atomic E-state index is 2.50. The van der Waals surface area contributed by atoms with Gasteiger partial charge in [-0.15, -0.1) is 0 Å². The van der Waals surface area contributed by atoms with Crippen LogP contribution in [0.3, 0.4) is 0 Å². The van der Waals surface area contributed by atoms with E-state index in [1.807, 2.05) is 11.8 Å². The van der Waals surface area contributed by atoms with E-state index >= 15 is 0 Å². The van der Waals surface area contributed by atoms with E-state index in [-0.39, 0.29) is 5.41 Å². The second-order valence-electron chi connectivity index (χ2n) is 13.0. The number of aromatic nitrogens is 1. The average molecular weight is 517 g/mol. The highest BCUT2D eigenvalue weighted by Gasteiger charge is 2.33. The Morgan fingerprint density at radius 1 is 0.895 bits per heavy atom. The maximum atomic E-state index is 2.50. The molecular weight excluding hydrogens is 478 g/mol. The van der Waals surface area contributed by atoms with Gasteiger partial charge in [-0.3, -0.25) is 0 Å². The largest absolute Gasteiger partial charge is 0.222 e. The summed E-state index contributed by atoms with van der Waals surface area (Å²) < 4.78 is 2.37. The molecule has 0 unspecified atom stereocenters. The monoisotopic (exact) mass is 516 g/mol. The molecule has 0 amide bonds. The van der Waals surface area contributed by atoms with Crippen LogP contribution in [0.2, 0.25) is 0 Å². The van der Waals surface area contributed by atoms with E-state index in [9.17, 15) is 0 Å². The summed E-state index contributed by atoms with van der Waals surface area (Å²) in [6.07, 6.45) is 10.2. The van der Waals surface area contributed by atoms with Crippen LogP contribution in [-0.4, -0.2) is 0 Å². The third-order valence-electron chi connectivity index (χ3n) is 8.95. The molecule has 2 heterocycles. The van der Waals surface area contributed by atoms with Crippen molar-refractivity contribution in [2.45, 2.75) is 76.0 Å². The van der Waals surface area contributed by atoms with Crippen molar-refractivity contribution in [3.05, 3.63) is 77.5 Å². The molecule has 192 valence electrons. The Balaban J connectivity index is 1.52. The van der Waals surface area contributed by atoms with Crippen molar-refractivity contribution in [2.75, 3.05) is 0 Å². The van der Waals surface area contributed by atoms with Crippen LogP contribution >= 0.6 is 11.8 Å². The first kappa shape index (κ1) is 24.2. The fraction of sp³-hybridized carbons (Fsp3) is 0.361. The van der Waals surface area contributed by atoms with Crippen LogP contribution in [0.25, 0.3) is 43.6 Å². The van der Waals surface area contributed by atoms with Gasteiger partial charge in [-0.2, -0.15) is 0 Å². The lowest BCUT2D eigenvalue weighted by atomic mass is 9.83. The molecule has 0 atom stereocenters. The van der Waals surface area contributed by atoms with Crippen LogP contribution in [-0.2, 0) is 19.9 Å². The zero-order chi connectivity index (χ0) is 26.2. The normalized spacial score (nSPS) is 15.6. The molecule has 2 aliphatic rings. The highest BCUT2D eigenvalue weighted by Crippen LogP contribution is 2.53. The molecule has 0 saturated heterocycles. The molecule has 1 saturated carbocycles. The molecule has 1 nitrogen and oxygen atoms in total. The number of benzene rings is 4. The third kappa shape index (κ3) is 3.87. The predicted octanol–water partition coefficient (Wildman–Crippen LogP) is 9.73. The number of nitrogens with zero attached hydrogens (tertiary/aromatic N) is 1. The van der Waals surface area contributed by atoms with Crippen molar-refractivity contribution in [1.29, 1.82) is 0 Å². The predicted molar refractivity (Wildman–Crippen MR) is 163 cm³/mol. The topological polar surface area (TPSA) is 3.88 Å². The Bertz CT molecular complexity index is 1750. The highest BCUT2D eigenvalue weighted by atomic mass is 32.2. The van der Waals surface area contributed by atoms with Crippen molar-refractivity contribution in [3.8, 4) is 11.3 Å². The SMILES string of the molecule is Cc1c2c(c(CC(C)(C)C)c3ccccc13)Sc1cc3cc(CC4CCCC4)ccc3c3cc[n+](C)c-2c13. The Morgan fingerprint density at radius 3 is 2.42 bits per heavy atom. The second kappa shape index (κ2) is 8.85. The van der Waals surface area contributed by atoms with Gasteiger partial charge in [0, 0.05) is 21.2 Å². The fourth-order valence-corrected chi connectivity index (χ4v) is 8.61. The van der Waals surface area contributed by atoms with Gasteiger partial charge in [0.2, 0.25) is 5.69 Å². The smallest absolute Gasteiger partial charge is 0.200 e. The van der Waals surface area contributed by atoms with Crippen LogP contribution in [0, 0.1) is 18.3 Å². The van der Waals surface area contributed by atoms with Gasteiger partial charge in [0.15, 0.2) is 6.20 Å². The quantitative estimate of drug-likeness (QED) is 0.167. The Labute approximate surface area is 231 Å². The summed E-state index contributed by atoms with van der Waals surface area (Å²) in [6.45, 7) is 9.45. The van der Waals surface area contributed by atoms with Gasteiger partial charge in [-0.25, -0.2) is 4.57 Å². The van der Waals surface area contributed by atoms with E-state index in [1.165, 1.54) is 102 Å². The van der Waals surface area contributed by atoms with Crippen molar-refractivity contribution < 1.29 is 4.57 Å².